The first-order chi connectivity index (χ1) is 8.72. The molecule has 0 aliphatic heterocycles. The molecular formula is C17H27N. The van der Waals surface area contributed by atoms with Gasteiger partial charge in [0, 0.05) is 12.6 Å². The number of nitrogens with one attached hydrogen (secondary N) is 1. The Kier molecular flexibility index (Phi) is 4.82. The van der Waals surface area contributed by atoms with Gasteiger partial charge in [-0.2, -0.15) is 0 Å². The summed E-state index contributed by atoms with van der Waals surface area (Å²) in [5, 5.41) is 3.78. The van der Waals surface area contributed by atoms with Crippen molar-refractivity contribution in [2.45, 2.75) is 58.4 Å². The summed E-state index contributed by atoms with van der Waals surface area (Å²) in [6.45, 7) is 8.06. The van der Waals surface area contributed by atoms with E-state index in [0.717, 1.165) is 18.4 Å². The molecule has 1 aliphatic rings. The third-order valence-electron chi connectivity index (χ3n) is 4.36. The molecule has 1 aromatic rings. The highest BCUT2D eigenvalue weighted by Crippen LogP contribution is 2.31. The van der Waals surface area contributed by atoms with E-state index in [0.29, 0.717) is 6.04 Å². The fraction of sp³-hybridized carbons (Fsp3) is 0.647. The lowest BCUT2D eigenvalue weighted by Gasteiger charge is -2.29. The Morgan fingerprint density at radius 1 is 1.28 bits per heavy atom. The van der Waals surface area contributed by atoms with Gasteiger partial charge >= 0.3 is 0 Å². The molecule has 1 aromatic carbocycles. The molecular weight excluding hydrogens is 218 g/mol. The number of hydrogen-bond acceptors (Lipinski definition) is 1. The monoisotopic (exact) mass is 245 g/mol. The average Bonchev–Trinajstić information content (AvgIpc) is 2.39. The van der Waals surface area contributed by atoms with Crippen LogP contribution in [-0.4, -0.2) is 12.6 Å². The zero-order chi connectivity index (χ0) is 13.0. The number of fused-ring (bicyclic) bond motifs is 1. The van der Waals surface area contributed by atoms with E-state index < -0.39 is 0 Å². The zero-order valence-corrected chi connectivity index (χ0v) is 12.1. The lowest BCUT2D eigenvalue weighted by atomic mass is 9.82. The van der Waals surface area contributed by atoms with Gasteiger partial charge in [-0.05, 0) is 48.6 Å². The van der Waals surface area contributed by atoms with Crippen LogP contribution in [0.25, 0.3) is 0 Å². The Labute approximate surface area is 112 Å². The Bertz CT molecular complexity index is 370. The van der Waals surface area contributed by atoms with Crippen LogP contribution in [0.1, 0.15) is 57.1 Å². The van der Waals surface area contributed by atoms with E-state index in [1.807, 2.05) is 0 Å². The minimum atomic E-state index is 0.666. The van der Waals surface area contributed by atoms with Gasteiger partial charge in [-0.15, -0.1) is 0 Å². The fourth-order valence-electron chi connectivity index (χ4n) is 3.21. The summed E-state index contributed by atoms with van der Waals surface area (Å²) < 4.78 is 0. The molecule has 2 rings (SSSR count). The van der Waals surface area contributed by atoms with Gasteiger partial charge in [0.25, 0.3) is 0 Å². The second kappa shape index (κ2) is 6.38. The normalized spacial score (nSPS) is 20.8. The predicted molar refractivity (Wildman–Crippen MR) is 79.0 cm³/mol. The van der Waals surface area contributed by atoms with Crippen LogP contribution < -0.4 is 5.32 Å². The maximum Gasteiger partial charge on any atom is 0.00876 e. The van der Waals surface area contributed by atoms with Gasteiger partial charge in [-0.1, -0.05) is 45.0 Å². The molecule has 0 saturated heterocycles. The highest BCUT2D eigenvalue weighted by atomic mass is 14.9. The first-order valence-electron chi connectivity index (χ1n) is 7.53. The summed E-state index contributed by atoms with van der Waals surface area (Å²) in [4.78, 5) is 0. The summed E-state index contributed by atoms with van der Waals surface area (Å²) >= 11 is 0. The molecule has 0 saturated carbocycles. The summed E-state index contributed by atoms with van der Waals surface area (Å²) in [5.41, 5.74) is 3.17. The molecule has 0 heterocycles. The minimum Gasteiger partial charge on any atom is -0.313 e. The molecule has 2 atom stereocenters. The van der Waals surface area contributed by atoms with Crippen molar-refractivity contribution < 1.29 is 0 Å². The summed E-state index contributed by atoms with van der Waals surface area (Å²) in [6, 6.07) is 9.67. The fourth-order valence-corrected chi connectivity index (χ4v) is 3.21. The largest absolute Gasteiger partial charge is 0.313 e. The van der Waals surface area contributed by atoms with E-state index in [1.54, 1.807) is 11.1 Å². The Morgan fingerprint density at radius 2 is 2.06 bits per heavy atom. The lowest BCUT2D eigenvalue weighted by Crippen LogP contribution is -2.36. The predicted octanol–water partition coefficient (Wildman–Crippen LogP) is 4.13. The van der Waals surface area contributed by atoms with E-state index in [9.17, 15) is 0 Å². The Balaban J connectivity index is 1.99. The van der Waals surface area contributed by atoms with Gasteiger partial charge in [-0.3, -0.25) is 0 Å². The van der Waals surface area contributed by atoms with Gasteiger partial charge in [0.1, 0.15) is 0 Å². The molecule has 0 aromatic heterocycles. The quantitative estimate of drug-likeness (QED) is 0.822. The van der Waals surface area contributed by atoms with E-state index >= 15 is 0 Å². The van der Waals surface area contributed by atoms with Crippen LogP contribution in [0, 0.1) is 5.92 Å². The van der Waals surface area contributed by atoms with E-state index in [4.69, 9.17) is 0 Å². The zero-order valence-electron chi connectivity index (χ0n) is 12.1. The second-order valence-corrected chi connectivity index (χ2v) is 5.95. The van der Waals surface area contributed by atoms with Gasteiger partial charge in [0.2, 0.25) is 0 Å². The first kappa shape index (κ1) is 13.6. The molecule has 100 valence electrons. The molecule has 1 nitrogen and oxygen atoms in total. The van der Waals surface area contributed by atoms with E-state index in [2.05, 4.69) is 50.4 Å². The summed E-state index contributed by atoms with van der Waals surface area (Å²) in [7, 11) is 0. The third kappa shape index (κ3) is 3.14. The molecule has 1 aliphatic carbocycles. The standard InChI is InChI=1S/C17H27N/c1-4-17(13(2)3)18-12-15-10-7-9-14-8-5-6-11-16(14)15/h5-6,8,11,13,15,17-18H,4,7,9-10,12H2,1-3H3. The number of rotatable bonds is 5. The van der Waals surface area contributed by atoms with Crippen LogP contribution in [0.5, 0.6) is 0 Å². The minimum absolute atomic E-state index is 0.666. The van der Waals surface area contributed by atoms with Crippen molar-refractivity contribution in [2.75, 3.05) is 6.54 Å². The molecule has 1 heteroatoms. The molecule has 0 bridgehead atoms. The molecule has 0 spiro atoms. The lowest BCUT2D eigenvalue weighted by molar-refractivity contribution is 0.367. The van der Waals surface area contributed by atoms with Crippen LogP contribution in [-0.2, 0) is 6.42 Å². The maximum absolute atomic E-state index is 3.78. The highest BCUT2D eigenvalue weighted by molar-refractivity contribution is 5.32. The second-order valence-electron chi connectivity index (χ2n) is 5.95. The third-order valence-corrected chi connectivity index (χ3v) is 4.36. The summed E-state index contributed by atoms with van der Waals surface area (Å²) in [6.07, 6.45) is 5.19. The van der Waals surface area contributed by atoms with Crippen molar-refractivity contribution in [2.24, 2.45) is 5.92 Å². The maximum atomic E-state index is 3.78. The smallest absolute Gasteiger partial charge is 0.00876 e. The van der Waals surface area contributed by atoms with Crippen molar-refractivity contribution >= 4 is 0 Å². The number of aryl methyl sites for hydroxylation is 1. The van der Waals surface area contributed by atoms with Crippen LogP contribution in [0.2, 0.25) is 0 Å². The van der Waals surface area contributed by atoms with Gasteiger partial charge in [-0.25, -0.2) is 0 Å². The van der Waals surface area contributed by atoms with Crippen molar-refractivity contribution in [3.05, 3.63) is 35.4 Å². The van der Waals surface area contributed by atoms with Crippen LogP contribution >= 0.6 is 0 Å². The molecule has 18 heavy (non-hydrogen) atoms. The van der Waals surface area contributed by atoms with E-state index in [-0.39, 0.29) is 0 Å². The van der Waals surface area contributed by atoms with Crippen LogP contribution in [0.15, 0.2) is 24.3 Å². The SMILES string of the molecule is CCC(NCC1CCCc2ccccc21)C(C)C. The van der Waals surface area contributed by atoms with Crippen LogP contribution in [0.3, 0.4) is 0 Å². The molecule has 0 fully saturated rings. The van der Waals surface area contributed by atoms with Crippen molar-refractivity contribution in [3.63, 3.8) is 0 Å². The molecule has 0 radical (unpaired) electrons. The number of benzene rings is 1. The van der Waals surface area contributed by atoms with Gasteiger partial charge in [0.15, 0.2) is 0 Å². The van der Waals surface area contributed by atoms with Crippen molar-refractivity contribution in [1.29, 1.82) is 0 Å². The molecule has 0 amide bonds. The first-order valence-corrected chi connectivity index (χ1v) is 7.53. The molecule has 1 N–H and O–H groups in total. The van der Waals surface area contributed by atoms with Crippen molar-refractivity contribution in [1.82, 2.24) is 5.32 Å². The average molecular weight is 245 g/mol. The topological polar surface area (TPSA) is 12.0 Å². The highest BCUT2D eigenvalue weighted by Gasteiger charge is 2.20. The Morgan fingerprint density at radius 3 is 2.78 bits per heavy atom. The number of hydrogen-bond donors (Lipinski definition) is 1. The molecule has 2 unspecified atom stereocenters. The van der Waals surface area contributed by atoms with Crippen molar-refractivity contribution in [3.8, 4) is 0 Å². The van der Waals surface area contributed by atoms with Gasteiger partial charge in [0.05, 0.1) is 0 Å². The van der Waals surface area contributed by atoms with Crippen LogP contribution in [0.4, 0.5) is 0 Å². The van der Waals surface area contributed by atoms with Gasteiger partial charge < -0.3 is 5.32 Å². The Hall–Kier alpha value is -0.820. The van der Waals surface area contributed by atoms with E-state index in [1.165, 1.54) is 25.7 Å². The summed E-state index contributed by atoms with van der Waals surface area (Å²) in [5.74, 6) is 1.46.